The molecule has 3 aromatic rings. The van der Waals surface area contributed by atoms with E-state index in [0.29, 0.717) is 24.9 Å². The van der Waals surface area contributed by atoms with E-state index < -0.39 is 0 Å². The monoisotopic (exact) mass is 521 g/mol. The number of methoxy groups -OCH3 is 1. The van der Waals surface area contributed by atoms with Gasteiger partial charge in [0.2, 0.25) is 0 Å². The molecule has 0 saturated carbocycles. The normalized spacial score (nSPS) is 10.8. The zero-order valence-electron chi connectivity index (χ0n) is 17.5. The first-order chi connectivity index (χ1) is 14.2. The van der Waals surface area contributed by atoms with E-state index in [1.807, 2.05) is 54.2 Å². The molecule has 1 aromatic heterocycles. The summed E-state index contributed by atoms with van der Waals surface area (Å²) >= 11 is 0. The molecule has 8 heteroatoms. The number of benzene rings is 2. The molecule has 30 heavy (non-hydrogen) atoms. The van der Waals surface area contributed by atoms with Crippen LogP contribution in [0.25, 0.3) is 0 Å². The summed E-state index contributed by atoms with van der Waals surface area (Å²) in [6, 6.07) is 16.0. The number of guanidine groups is 1. The lowest BCUT2D eigenvalue weighted by Gasteiger charge is -2.16. The van der Waals surface area contributed by atoms with Gasteiger partial charge in [-0.2, -0.15) is 5.10 Å². The van der Waals surface area contributed by atoms with Crippen molar-refractivity contribution in [2.75, 3.05) is 26.1 Å². The van der Waals surface area contributed by atoms with Crippen molar-refractivity contribution in [3.05, 3.63) is 72.1 Å². The van der Waals surface area contributed by atoms with Crippen LogP contribution in [0.1, 0.15) is 18.1 Å². The van der Waals surface area contributed by atoms with Crippen molar-refractivity contribution in [2.24, 2.45) is 4.99 Å². The van der Waals surface area contributed by atoms with Gasteiger partial charge < -0.3 is 20.1 Å². The number of nitrogens with zero attached hydrogens (tertiary/aromatic N) is 3. The number of aliphatic imine (C=N–C) groups is 1. The minimum atomic E-state index is 0. The topological polar surface area (TPSA) is 72.7 Å². The molecule has 0 aliphatic rings. The van der Waals surface area contributed by atoms with Gasteiger partial charge in [0.1, 0.15) is 0 Å². The van der Waals surface area contributed by atoms with Crippen molar-refractivity contribution in [1.82, 2.24) is 15.1 Å². The van der Waals surface area contributed by atoms with E-state index in [0.717, 1.165) is 18.0 Å². The predicted molar refractivity (Wildman–Crippen MR) is 131 cm³/mol. The lowest BCUT2D eigenvalue weighted by atomic mass is 10.1. The molecule has 0 unspecified atom stereocenters. The molecule has 0 bridgehead atoms. The van der Waals surface area contributed by atoms with Crippen LogP contribution in [0, 0.1) is 0 Å². The smallest absolute Gasteiger partial charge is 0.195 e. The molecule has 2 aromatic carbocycles. The highest BCUT2D eigenvalue weighted by molar-refractivity contribution is 14.0. The van der Waals surface area contributed by atoms with Crippen LogP contribution in [0.3, 0.4) is 0 Å². The number of hydrogen-bond acceptors (Lipinski definition) is 4. The van der Waals surface area contributed by atoms with Crippen molar-refractivity contribution < 1.29 is 9.47 Å². The fraction of sp³-hybridized carbons (Fsp3) is 0.273. The number of anilines is 1. The summed E-state index contributed by atoms with van der Waals surface area (Å²) in [5.74, 6) is 2.07. The van der Waals surface area contributed by atoms with Crippen molar-refractivity contribution in [3.63, 3.8) is 0 Å². The fourth-order valence-corrected chi connectivity index (χ4v) is 2.97. The molecule has 0 aliphatic carbocycles. The summed E-state index contributed by atoms with van der Waals surface area (Å²) in [4.78, 5) is 4.32. The number of ether oxygens (including phenoxy) is 2. The van der Waals surface area contributed by atoms with Gasteiger partial charge in [-0.15, -0.1) is 24.0 Å². The molecule has 0 amide bonds. The quantitative estimate of drug-likeness (QED) is 0.265. The summed E-state index contributed by atoms with van der Waals surface area (Å²) in [5.41, 5.74) is 3.26. The third-order valence-corrected chi connectivity index (χ3v) is 4.41. The van der Waals surface area contributed by atoms with Gasteiger partial charge in [-0.05, 0) is 36.2 Å². The maximum Gasteiger partial charge on any atom is 0.195 e. The Kier molecular flexibility index (Phi) is 9.46. The van der Waals surface area contributed by atoms with Crippen molar-refractivity contribution in [2.45, 2.75) is 20.0 Å². The van der Waals surface area contributed by atoms with Gasteiger partial charge in [0.15, 0.2) is 17.5 Å². The summed E-state index contributed by atoms with van der Waals surface area (Å²) < 4.78 is 12.9. The number of aromatic nitrogens is 2. The van der Waals surface area contributed by atoms with Crippen LogP contribution < -0.4 is 20.1 Å². The van der Waals surface area contributed by atoms with Gasteiger partial charge in [-0.25, -0.2) is 0 Å². The van der Waals surface area contributed by atoms with Gasteiger partial charge >= 0.3 is 0 Å². The van der Waals surface area contributed by atoms with E-state index in [1.165, 1.54) is 11.1 Å². The Morgan fingerprint density at radius 3 is 2.57 bits per heavy atom. The largest absolute Gasteiger partial charge is 0.493 e. The lowest BCUT2D eigenvalue weighted by molar-refractivity contribution is 0.311. The zero-order valence-corrected chi connectivity index (χ0v) is 19.8. The van der Waals surface area contributed by atoms with Crippen LogP contribution in [-0.2, 0) is 13.1 Å². The van der Waals surface area contributed by atoms with E-state index in [4.69, 9.17) is 9.47 Å². The second kappa shape index (κ2) is 12.1. The maximum absolute atomic E-state index is 5.57. The van der Waals surface area contributed by atoms with Crippen LogP contribution in [0.2, 0.25) is 0 Å². The predicted octanol–water partition coefficient (Wildman–Crippen LogP) is 4.14. The van der Waals surface area contributed by atoms with Gasteiger partial charge in [0.05, 0.1) is 20.3 Å². The van der Waals surface area contributed by atoms with Gasteiger partial charge in [-0.3, -0.25) is 9.67 Å². The summed E-state index contributed by atoms with van der Waals surface area (Å²) in [6.07, 6.45) is 3.75. The molecule has 0 aliphatic heterocycles. The lowest BCUT2D eigenvalue weighted by Crippen LogP contribution is -2.30. The number of nitrogens with one attached hydrogen (secondary N) is 2. The van der Waals surface area contributed by atoms with E-state index in [1.54, 1.807) is 20.4 Å². The molecule has 0 fully saturated rings. The molecule has 2 N–H and O–H groups in total. The first-order valence-corrected chi connectivity index (χ1v) is 9.56. The Labute approximate surface area is 194 Å². The molecule has 160 valence electrons. The first-order valence-electron chi connectivity index (χ1n) is 9.56. The minimum absolute atomic E-state index is 0. The highest BCUT2D eigenvalue weighted by atomic mass is 127. The van der Waals surface area contributed by atoms with Crippen molar-refractivity contribution in [3.8, 4) is 11.5 Å². The molecule has 0 saturated heterocycles. The number of rotatable bonds is 8. The van der Waals surface area contributed by atoms with Crippen LogP contribution >= 0.6 is 24.0 Å². The van der Waals surface area contributed by atoms with Crippen LogP contribution in [-0.4, -0.2) is 36.5 Å². The summed E-state index contributed by atoms with van der Waals surface area (Å²) in [6.45, 7) is 3.91. The van der Waals surface area contributed by atoms with Gasteiger partial charge in [0, 0.05) is 37.7 Å². The average molecular weight is 521 g/mol. The third-order valence-electron chi connectivity index (χ3n) is 4.41. The first kappa shape index (κ1) is 23.5. The molecule has 7 nitrogen and oxygen atoms in total. The molecule has 0 atom stereocenters. The number of hydrogen-bond donors (Lipinski definition) is 2. The van der Waals surface area contributed by atoms with E-state index in [-0.39, 0.29) is 24.0 Å². The molecular formula is C22H28IN5O2. The number of halogens is 1. The Bertz CT molecular complexity index is 944. The zero-order chi connectivity index (χ0) is 20.5. The SMILES string of the molecule is CCOc1ccc(NC(=NC)NCc2ccccc2Cn2cccn2)cc1OC.I. The Balaban J connectivity index is 0.00000320. The van der Waals surface area contributed by atoms with Crippen LogP contribution in [0.15, 0.2) is 65.9 Å². The fourth-order valence-electron chi connectivity index (χ4n) is 2.97. The maximum atomic E-state index is 5.57. The summed E-state index contributed by atoms with van der Waals surface area (Å²) in [7, 11) is 3.38. The van der Waals surface area contributed by atoms with Crippen LogP contribution in [0.5, 0.6) is 11.5 Å². The van der Waals surface area contributed by atoms with E-state index in [9.17, 15) is 0 Å². The van der Waals surface area contributed by atoms with Crippen molar-refractivity contribution in [1.29, 1.82) is 0 Å². The highest BCUT2D eigenvalue weighted by Gasteiger charge is 2.08. The standard InChI is InChI=1S/C22H27N5O2.HI/c1-4-29-20-11-10-19(14-21(20)28-3)26-22(23-2)24-15-17-8-5-6-9-18(17)16-27-13-7-12-25-27;/h5-14H,4,15-16H2,1-3H3,(H2,23,24,26);1H. The molecule has 3 rings (SSSR count). The van der Waals surface area contributed by atoms with Gasteiger partial charge in [-0.1, -0.05) is 24.3 Å². The Morgan fingerprint density at radius 2 is 1.90 bits per heavy atom. The van der Waals surface area contributed by atoms with E-state index >= 15 is 0 Å². The van der Waals surface area contributed by atoms with Crippen molar-refractivity contribution >= 4 is 35.6 Å². The second-order valence-electron chi connectivity index (χ2n) is 6.32. The second-order valence-corrected chi connectivity index (χ2v) is 6.32. The Hall–Kier alpha value is -2.75. The molecule has 1 heterocycles. The summed E-state index contributed by atoms with van der Waals surface area (Å²) in [5, 5.41) is 11.0. The average Bonchev–Trinajstić information content (AvgIpc) is 3.26. The van der Waals surface area contributed by atoms with Gasteiger partial charge in [0.25, 0.3) is 0 Å². The molecule has 0 radical (unpaired) electrons. The van der Waals surface area contributed by atoms with E-state index in [2.05, 4.69) is 32.9 Å². The third kappa shape index (κ3) is 6.38. The highest BCUT2D eigenvalue weighted by Crippen LogP contribution is 2.30. The van der Waals surface area contributed by atoms with Crippen LogP contribution in [0.4, 0.5) is 5.69 Å². The molecular weight excluding hydrogens is 493 g/mol. The minimum Gasteiger partial charge on any atom is -0.493 e. The Morgan fingerprint density at radius 1 is 1.10 bits per heavy atom. The molecule has 0 spiro atoms.